The Kier molecular flexibility index (Phi) is 8.78. The minimum atomic E-state index is -0.735. The summed E-state index contributed by atoms with van der Waals surface area (Å²) in [5, 5.41) is 5.57. The lowest BCUT2D eigenvalue weighted by Gasteiger charge is -2.10. The number of carbonyl (C=O) groups is 3. The SMILES string of the molecule is COc1ccccc1C(=O)NCC(=O)OCC(=O)NCCOc1ccc(Cl)cc1. The largest absolute Gasteiger partial charge is 0.496 e. The highest BCUT2D eigenvalue weighted by atomic mass is 35.5. The fraction of sp³-hybridized carbons (Fsp3) is 0.250. The minimum Gasteiger partial charge on any atom is -0.496 e. The summed E-state index contributed by atoms with van der Waals surface area (Å²) in [4.78, 5) is 35.5. The van der Waals surface area contributed by atoms with Gasteiger partial charge >= 0.3 is 5.97 Å². The molecule has 2 aromatic carbocycles. The summed E-state index contributed by atoms with van der Waals surface area (Å²) < 4.78 is 15.3. The van der Waals surface area contributed by atoms with Gasteiger partial charge in [0, 0.05) is 5.02 Å². The van der Waals surface area contributed by atoms with Crippen LogP contribution in [-0.2, 0) is 14.3 Å². The fourth-order valence-corrected chi connectivity index (χ4v) is 2.34. The van der Waals surface area contributed by atoms with Crippen molar-refractivity contribution in [2.75, 3.05) is 33.4 Å². The summed E-state index contributed by atoms with van der Waals surface area (Å²) >= 11 is 5.78. The quantitative estimate of drug-likeness (QED) is 0.449. The second kappa shape index (κ2) is 11.6. The van der Waals surface area contributed by atoms with E-state index in [0.29, 0.717) is 22.1 Å². The van der Waals surface area contributed by atoms with Gasteiger partial charge in [0.25, 0.3) is 11.8 Å². The summed E-state index contributed by atoms with van der Waals surface area (Å²) in [7, 11) is 1.44. The van der Waals surface area contributed by atoms with Crippen LogP contribution in [0.5, 0.6) is 11.5 Å². The van der Waals surface area contributed by atoms with Gasteiger partial charge in [-0.25, -0.2) is 0 Å². The van der Waals surface area contributed by atoms with E-state index < -0.39 is 24.4 Å². The second-order valence-corrected chi connectivity index (χ2v) is 6.13. The van der Waals surface area contributed by atoms with Crippen LogP contribution >= 0.6 is 11.6 Å². The van der Waals surface area contributed by atoms with Crippen molar-refractivity contribution in [3.8, 4) is 11.5 Å². The smallest absolute Gasteiger partial charge is 0.325 e. The van der Waals surface area contributed by atoms with Crippen LogP contribution in [0, 0.1) is 0 Å². The third-order valence-corrected chi connectivity index (χ3v) is 3.87. The second-order valence-electron chi connectivity index (χ2n) is 5.70. The van der Waals surface area contributed by atoms with Crippen molar-refractivity contribution in [1.82, 2.24) is 10.6 Å². The van der Waals surface area contributed by atoms with Crippen molar-refractivity contribution in [3.05, 3.63) is 59.1 Å². The maximum absolute atomic E-state index is 12.1. The highest BCUT2D eigenvalue weighted by Gasteiger charge is 2.13. The molecule has 2 aromatic rings. The summed E-state index contributed by atoms with van der Waals surface area (Å²) in [6, 6.07) is 13.4. The molecule has 29 heavy (non-hydrogen) atoms. The average Bonchev–Trinajstić information content (AvgIpc) is 2.74. The van der Waals surface area contributed by atoms with E-state index >= 15 is 0 Å². The van der Waals surface area contributed by atoms with Crippen LogP contribution in [0.2, 0.25) is 5.02 Å². The molecule has 8 nitrogen and oxygen atoms in total. The zero-order chi connectivity index (χ0) is 21.1. The maximum atomic E-state index is 12.1. The number of hydrogen-bond donors (Lipinski definition) is 2. The van der Waals surface area contributed by atoms with Gasteiger partial charge in [-0.1, -0.05) is 23.7 Å². The molecule has 0 aliphatic carbocycles. The molecule has 2 amide bonds. The molecular formula is C20H21ClN2O6. The molecule has 9 heteroatoms. The molecular weight excluding hydrogens is 400 g/mol. The Hall–Kier alpha value is -3.26. The number of hydrogen-bond acceptors (Lipinski definition) is 6. The number of amides is 2. The van der Waals surface area contributed by atoms with Crippen LogP contribution in [0.3, 0.4) is 0 Å². The summed E-state index contributed by atoms with van der Waals surface area (Å²) in [6.45, 7) is -0.339. The van der Waals surface area contributed by atoms with Gasteiger partial charge in [-0.05, 0) is 36.4 Å². The topological polar surface area (TPSA) is 103 Å². The van der Waals surface area contributed by atoms with E-state index in [1.165, 1.54) is 7.11 Å². The monoisotopic (exact) mass is 420 g/mol. The molecule has 0 fully saturated rings. The summed E-state index contributed by atoms with van der Waals surface area (Å²) in [5.74, 6) is -0.683. The van der Waals surface area contributed by atoms with Gasteiger partial charge in [0.2, 0.25) is 0 Å². The van der Waals surface area contributed by atoms with Crippen molar-refractivity contribution < 1.29 is 28.6 Å². The van der Waals surface area contributed by atoms with Crippen LogP contribution < -0.4 is 20.1 Å². The molecule has 0 spiro atoms. The van der Waals surface area contributed by atoms with Crippen molar-refractivity contribution in [1.29, 1.82) is 0 Å². The molecule has 0 radical (unpaired) electrons. The fourth-order valence-electron chi connectivity index (χ4n) is 2.22. The standard InChI is InChI=1S/C20H21ClN2O6/c1-27-17-5-3-2-4-16(17)20(26)23-12-19(25)29-13-18(24)22-10-11-28-15-8-6-14(21)7-9-15/h2-9H,10-13H2,1H3,(H,22,24)(H,23,26). The molecule has 154 valence electrons. The van der Waals surface area contributed by atoms with E-state index in [9.17, 15) is 14.4 Å². The van der Waals surface area contributed by atoms with Gasteiger partial charge in [-0.2, -0.15) is 0 Å². The first-order chi connectivity index (χ1) is 14.0. The van der Waals surface area contributed by atoms with Crippen molar-refractivity contribution in [3.63, 3.8) is 0 Å². The Balaban J connectivity index is 1.61. The Morgan fingerprint density at radius 3 is 2.45 bits per heavy atom. The normalized spacial score (nSPS) is 10.0. The number of halogens is 1. The lowest BCUT2D eigenvalue weighted by Crippen LogP contribution is -2.35. The predicted octanol–water partition coefficient (Wildman–Crippen LogP) is 1.82. The van der Waals surface area contributed by atoms with Crippen LogP contribution in [0.25, 0.3) is 0 Å². The molecule has 2 rings (SSSR count). The first-order valence-corrected chi connectivity index (χ1v) is 9.09. The van der Waals surface area contributed by atoms with E-state index in [2.05, 4.69) is 10.6 Å². The first kappa shape index (κ1) is 22.0. The number of esters is 1. The number of nitrogens with one attached hydrogen (secondary N) is 2. The maximum Gasteiger partial charge on any atom is 0.325 e. The van der Waals surface area contributed by atoms with Crippen LogP contribution in [0.4, 0.5) is 0 Å². The minimum absolute atomic E-state index is 0.240. The molecule has 0 aliphatic heterocycles. The lowest BCUT2D eigenvalue weighted by atomic mass is 10.2. The summed E-state index contributed by atoms with van der Waals surface area (Å²) in [6.07, 6.45) is 0. The van der Waals surface area contributed by atoms with E-state index in [4.69, 9.17) is 25.8 Å². The Morgan fingerprint density at radius 2 is 1.72 bits per heavy atom. The number of methoxy groups -OCH3 is 1. The Morgan fingerprint density at radius 1 is 1.00 bits per heavy atom. The zero-order valence-corrected chi connectivity index (χ0v) is 16.5. The molecule has 0 atom stereocenters. The van der Waals surface area contributed by atoms with Gasteiger partial charge in [-0.15, -0.1) is 0 Å². The number of ether oxygens (including phenoxy) is 3. The Labute approximate surface area is 173 Å². The molecule has 0 heterocycles. The molecule has 0 aliphatic rings. The molecule has 0 bridgehead atoms. The van der Waals surface area contributed by atoms with E-state index in [1.807, 2.05) is 0 Å². The highest BCUT2D eigenvalue weighted by Crippen LogP contribution is 2.16. The summed E-state index contributed by atoms with van der Waals surface area (Å²) in [5.41, 5.74) is 0.293. The molecule has 0 unspecified atom stereocenters. The average molecular weight is 421 g/mol. The first-order valence-electron chi connectivity index (χ1n) is 8.71. The molecule has 0 saturated carbocycles. The number of carbonyl (C=O) groups excluding carboxylic acids is 3. The van der Waals surface area contributed by atoms with Gasteiger partial charge in [0.05, 0.1) is 19.2 Å². The Bertz CT molecular complexity index is 841. The van der Waals surface area contributed by atoms with Crippen LogP contribution in [0.1, 0.15) is 10.4 Å². The van der Waals surface area contributed by atoms with E-state index in [0.717, 1.165) is 0 Å². The van der Waals surface area contributed by atoms with Gasteiger partial charge in [0.1, 0.15) is 24.7 Å². The third-order valence-electron chi connectivity index (χ3n) is 3.62. The van der Waals surface area contributed by atoms with Crippen LogP contribution in [0.15, 0.2) is 48.5 Å². The lowest BCUT2D eigenvalue weighted by molar-refractivity contribution is -0.147. The predicted molar refractivity (Wildman–Crippen MR) is 106 cm³/mol. The molecule has 2 N–H and O–H groups in total. The number of benzene rings is 2. The van der Waals surface area contributed by atoms with Gasteiger partial charge in [-0.3, -0.25) is 14.4 Å². The van der Waals surface area contributed by atoms with E-state index in [1.54, 1.807) is 48.5 Å². The van der Waals surface area contributed by atoms with Crippen molar-refractivity contribution in [2.24, 2.45) is 0 Å². The molecule has 0 aromatic heterocycles. The van der Waals surface area contributed by atoms with Gasteiger partial charge < -0.3 is 24.8 Å². The number of rotatable bonds is 10. The van der Waals surface area contributed by atoms with E-state index in [-0.39, 0.29) is 19.7 Å². The van der Waals surface area contributed by atoms with Gasteiger partial charge in [0.15, 0.2) is 6.61 Å². The van der Waals surface area contributed by atoms with Crippen molar-refractivity contribution in [2.45, 2.75) is 0 Å². The number of para-hydroxylation sites is 1. The molecule has 0 saturated heterocycles. The highest BCUT2D eigenvalue weighted by molar-refractivity contribution is 6.30. The third kappa shape index (κ3) is 7.71. The van der Waals surface area contributed by atoms with Crippen molar-refractivity contribution >= 4 is 29.4 Å². The van der Waals surface area contributed by atoms with Crippen LogP contribution in [-0.4, -0.2) is 51.2 Å². The zero-order valence-electron chi connectivity index (χ0n) is 15.8.